The Bertz CT molecular complexity index is 302. The van der Waals surface area contributed by atoms with E-state index in [2.05, 4.69) is 25.2 Å². The van der Waals surface area contributed by atoms with Crippen LogP contribution in [0, 0.1) is 0 Å². The molecule has 0 spiro atoms. The monoisotopic (exact) mass is 223 g/mol. The van der Waals surface area contributed by atoms with Crippen LogP contribution in [0.15, 0.2) is 24.3 Å². The fourth-order valence-corrected chi connectivity index (χ4v) is 1.74. The molecule has 1 atom stereocenters. The normalized spacial score (nSPS) is 12.4. The second kappa shape index (κ2) is 7.25. The van der Waals surface area contributed by atoms with E-state index in [1.807, 2.05) is 18.2 Å². The van der Waals surface area contributed by atoms with Crippen LogP contribution in [0.4, 0.5) is 0 Å². The van der Waals surface area contributed by atoms with Crippen molar-refractivity contribution >= 4 is 0 Å². The lowest BCUT2D eigenvalue weighted by Crippen LogP contribution is -2.21. The molecule has 3 heteroatoms. The molecule has 0 bridgehead atoms. The summed E-state index contributed by atoms with van der Waals surface area (Å²) in [6.07, 6.45) is 1.04. The molecule has 0 aliphatic heterocycles. The zero-order valence-corrected chi connectivity index (χ0v) is 10.3. The van der Waals surface area contributed by atoms with E-state index in [9.17, 15) is 0 Å². The van der Waals surface area contributed by atoms with Gasteiger partial charge in [-0.25, -0.2) is 0 Å². The molecule has 0 aliphatic rings. The molecule has 16 heavy (non-hydrogen) atoms. The first-order valence-electron chi connectivity index (χ1n) is 5.77. The second-order valence-corrected chi connectivity index (χ2v) is 3.61. The fourth-order valence-electron chi connectivity index (χ4n) is 1.74. The summed E-state index contributed by atoms with van der Waals surface area (Å²) < 4.78 is 10.5. The van der Waals surface area contributed by atoms with E-state index in [-0.39, 0.29) is 0 Å². The predicted molar refractivity (Wildman–Crippen MR) is 65.7 cm³/mol. The minimum Gasteiger partial charge on any atom is -0.467 e. The van der Waals surface area contributed by atoms with Crippen LogP contribution in [0.2, 0.25) is 0 Å². The van der Waals surface area contributed by atoms with Crippen molar-refractivity contribution in [1.82, 2.24) is 5.32 Å². The molecule has 0 saturated carbocycles. The van der Waals surface area contributed by atoms with Crippen molar-refractivity contribution in [2.45, 2.75) is 26.3 Å². The maximum atomic E-state index is 5.55. The van der Waals surface area contributed by atoms with Gasteiger partial charge in [0, 0.05) is 18.7 Å². The van der Waals surface area contributed by atoms with Gasteiger partial charge in [0.05, 0.1) is 0 Å². The van der Waals surface area contributed by atoms with Gasteiger partial charge in [-0.05, 0) is 19.0 Å². The number of nitrogens with one attached hydrogen (secondary N) is 1. The topological polar surface area (TPSA) is 30.5 Å². The van der Waals surface area contributed by atoms with Crippen LogP contribution in [-0.2, 0) is 4.74 Å². The van der Waals surface area contributed by atoms with Crippen LogP contribution in [-0.4, -0.2) is 20.4 Å². The van der Waals surface area contributed by atoms with Crippen LogP contribution in [0.1, 0.15) is 31.9 Å². The van der Waals surface area contributed by atoms with Gasteiger partial charge >= 0.3 is 0 Å². The molecule has 0 heterocycles. The molecular formula is C13H21NO2. The summed E-state index contributed by atoms with van der Waals surface area (Å²) in [7, 11) is 1.63. The van der Waals surface area contributed by atoms with E-state index in [4.69, 9.17) is 9.47 Å². The van der Waals surface area contributed by atoms with E-state index >= 15 is 0 Å². The van der Waals surface area contributed by atoms with Crippen LogP contribution in [0.25, 0.3) is 0 Å². The minimum absolute atomic E-state index is 0.291. The average molecular weight is 223 g/mol. The van der Waals surface area contributed by atoms with Gasteiger partial charge in [-0.1, -0.05) is 32.0 Å². The largest absolute Gasteiger partial charge is 0.467 e. The molecule has 0 saturated heterocycles. The van der Waals surface area contributed by atoms with Gasteiger partial charge in [0.2, 0.25) is 0 Å². The quantitative estimate of drug-likeness (QED) is 0.721. The van der Waals surface area contributed by atoms with Crippen molar-refractivity contribution in [1.29, 1.82) is 0 Å². The lowest BCUT2D eigenvalue weighted by atomic mass is 10.0. The van der Waals surface area contributed by atoms with E-state index in [0.29, 0.717) is 12.8 Å². The molecule has 1 aromatic carbocycles. The van der Waals surface area contributed by atoms with Crippen LogP contribution in [0.5, 0.6) is 5.75 Å². The first-order valence-corrected chi connectivity index (χ1v) is 5.77. The van der Waals surface area contributed by atoms with Crippen molar-refractivity contribution in [2.75, 3.05) is 20.4 Å². The SMILES string of the molecule is CCNC(CC)c1ccccc1OCOC. The molecule has 1 unspecified atom stereocenters. The Labute approximate surface area is 97.8 Å². The van der Waals surface area contributed by atoms with Crippen molar-refractivity contribution in [3.05, 3.63) is 29.8 Å². The molecule has 0 radical (unpaired) electrons. The Morgan fingerprint density at radius 3 is 2.62 bits per heavy atom. The number of methoxy groups -OCH3 is 1. The lowest BCUT2D eigenvalue weighted by molar-refractivity contribution is 0.0500. The molecule has 90 valence electrons. The summed E-state index contributed by atoms with van der Waals surface area (Å²) in [5.74, 6) is 0.900. The molecule has 3 nitrogen and oxygen atoms in total. The zero-order valence-electron chi connectivity index (χ0n) is 10.3. The Hall–Kier alpha value is -1.06. The number of benzene rings is 1. The Balaban J connectivity index is 2.82. The molecule has 0 aromatic heterocycles. The zero-order chi connectivity index (χ0) is 11.8. The van der Waals surface area contributed by atoms with Gasteiger partial charge in [-0.2, -0.15) is 0 Å². The highest BCUT2D eigenvalue weighted by molar-refractivity contribution is 5.35. The summed E-state index contributed by atoms with van der Waals surface area (Å²) >= 11 is 0. The second-order valence-electron chi connectivity index (χ2n) is 3.61. The van der Waals surface area contributed by atoms with E-state index in [0.717, 1.165) is 18.7 Å². The number of hydrogen-bond donors (Lipinski definition) is 1. The van der Waals surface area contributed by atoms with Crippen molar-refractivity contribution < 1.29 is 9.47 Å². The molecule has 0 amide bonds. The van der Waals surface area contributed by atoms with Gasteiger partial charge in [0.25, 0.3) is 0 Å². The van der Waals surface area contributed by atoms with Gasteiger partial charge in [0.15, 0.2) is 6.79 Å². The summed E-state index contributed by atoms with van der Waals surface area (Å²) in [6, 6.07) is 8.44. The Kier molecular flexibility index (Phi) is 5.90. The van der Waals surface area contributed by atoms with Gasteiger partial charge in [-0.3, -0.25) is 0 Å². The number of para-hydroxylation sites is 1. The highest BCUT2D eigenvalue weighted by Gasteiger charge is 2.12. The number of hydrogen-bond acceptors (Lipinski definition) is 3. The Morgan fingerprint density at radius 1 is 1.25 bits per heavy atom. The van der Waals surface area contributed by atoms with Crippen LogP contribution in [0.3, 0.4) is 0 Å². The van der Waals surface area contributed by atoms with E-state index in [1.165, 1.54) is 5.56 Å². The minimum atomic E-state index is 0.291. The molecular weight excluding hydrogens is 202 g/mol. The molecule has 1 aromatic rings. The third kappa shape index (κ3) is 3.51. The number of rotatable bonds is 7. The lowest BCUT2D eigenvalue weighted by Gasteiger charge is -2.19. The summed E-state index contributed by atoms with van der Waals surface area (Å²) in [6.45, 7) is 5.53. The maximum Gasteiger partial charge on any atom is 0.188 e. The van der Waals surface area contributed by atoms with E-state index in [1.54, 1.807) is 7.11 Å². The van der Waals surface area contributed by atoms with Gasteiger partial charge in [-0.15, -0.1) is 0 Å². The van der Waals surface area contributed by atoms with Crippen LogP contribution < -0.4 is 10.1 Å². The standard InChI is InChI=1S/C13H21NO2/c1-4-12(14-5-2)11-8-6-7-9-13(11)16-10-15-3/h6-9,12,14H,4-5,10H2,1-3H3. The maximum absolute atomic E-state index is 5.55. The van der Waals surface area contributed by atoms with Gasteiger partial charge in [0.1, 0.15) is 5.75 Å². The third-order valence-electron chi connectivity index (χ3n) is 2.49. The summed E-state index contributed by atoms with van der Waals surface area (Å²) in [4.78, 5) is 0. The molecule has 0 aliphatic carbocycles. The Morgan fingerprint density at radius 2 is 2.00 bits per heavy atom. The molecule has 1 rings (SSSR count). The smallest absolute Gasteiger partial charge is 0.188 e. The summed E-state index contributed by atoms with van der Waals surface area (Å²) in [5, 5.41) is 3.44. The van der Waals surface area contributed by atoms with Crippen molar-refractivity contribution in [2.24, 2.45) is 0 Å². The van der Waals surface area contributed by atoms with E-state index < -0.39 is 0 Å². The third-order valence-corrected chi connectivity index (χ3v) is 2.49. The van der Waals surface area contributed by atoms with Crippen molar-refractivity contribution in [3.8, 4) is 5.75 Å². The van der Waals surface area contributed by atoms with Gasteiger partial charge < -0.3 is 14.8 Å². The predicted octanol–water partition coefficient (Wildman–Crippen LogP) is 2.73. The first-order chi connectivity index (χ1) is 7.83. The van der Waals surface area contributed by atoms with Crippen molar-refractivity contribution in [3.63, 3.8) is 0 Å². The summed E-state index contributed by atoms with van der Waals surface area (Å²) in [5.41, 5.74) is 1.20. The highest BCUT2D eigenvalue weighted by Crippen LogP contribution is 2.26. The van der Waals surface area contributed by atoms with Crippen LogP contribution >= 0.6 is 0 Å². The molecule has 0 fully saturated rings. The first kappa shape index (κ1) is 13.0. The molecule has 1 N–H and O–H groups in total. The average Bonchev–Trinajstić information content (AvgIpc) is 2.34. The highest BCUT2D eigenvalue weighted by atomic mass is 16.7. The number of ether oxygens (including phenoxy) is 2. The fraction of sp³-hybridized carbons (Fsp3) is 0.538.